The van der Waals surface area contributed by atoms with Crippen molar-refractivity contribution in [2.45, 2.75) is 63.3 Å². The van der Waals surface area contributed by atoms with Gasteiger partial charge >= 0.3 is 0 Å². The number of Topliss-reactive ketones (excluding diaryl/α,β-unsaturated/α-hetero) is 1. The number of nitrogens with zero attached hydrogens (tertiary/aromatic N) is 3. The fourth-order valence-electron chi connectivity index (χ4n) is 5.60. The molecule has 0 aliphatic heterocycles. The zero-order valence-corrected chi connectivity index (χ0v) is 23.2. The number of rotatable bonds is 9. The second kappa shape index (κ2) is 10.4. The normalized spacial score (nSPS) is 18.2. The molecule has 2 fully saturated rings. The number of ether oxygens (including phenoxy) is 1. The van der Waals surface area contributed by atoms with E-state index in [-0.39, 0.29) is 30.8 Å². The minimum absolute atomic E-state index is 0.00118. The maximum Gasteiger partial charge on any atom is 0.287 e. The molecule has 216 valence electrons. The summed E-state index contributed by atoms with van der Waals surface area (Å²) in [6, 6.07) is 12.9. The number of fused-ring (bicyclic) bond motifs is 1. The molecule has 0 unspecified atom stereocenters. The molecule has 0 atom stereocenters. The molecule has 0 bridgehead atoms. The Morgan fingerprint density at radius 1 is 1.07 bits per heavy atom. The van der Waals surface area contributed by atoms with E-state index in [0.717, 1.165) is 29.7 Å². The summed E-state index contributed by atoms with van der Waals surface area (Å²) in [6.07, 6.45) is 8.92. The molecule has 1 amide bonds. The van der Waals surface area contributed by atoms with E-state index in [4.69, 9.17) is 15.6 Å². The molecule has 8 nitrogen and oxygen atoms in total. The first-order valence-electron chi connectivity index (χ1n) is 14.0. The van der Waals surface area contributed by atoms with Gasteiger partial charge in [-0.1, -0.05) is 24.1 Å². The number of amides is 1. The summed E-state index contributed by atoms with van der Waals surface area (Å²) in [5, 5.41) is 7.67. The number of carbonyl (C=O) groups is 2. The van der Waals surface area contributed by atoms with Gasteiger partial charge in [-0.2, -0.15) is 5.10 Å². The van der Waals surface area contributed by atoms with Gasteiger partial charge in [0.05, 0.1) is 12.1 Å². The molecular weight excluding hydrogens is 542 g/mol. The van der Waals surface area contributed by atoms with Crippen LogP contribution in [0.5, 0.6) is 5.75 Å². The Kier molecular flexibility index (Phi) is 6.84. The van der Waals surface area contributed by atoms with Crippen molar-refractivity contribution in [2.75, 3.05) is 6.61 Å². The van der Waals surface area contributed by atoms with Crippen LogP contribution in [0, 0.1) is 17.8 Å². The maximum atomic E-state index is 14.1. The summed E-state index contributed by atoms with van der Waals surface area (Å²) < 4.78 is 41.6. The minimum atomic E-state index is -2.87. The molecule has 2 aromatic carbocycles. The van der Waals surface area contributed by atoms with Gasteiger partial charge in [-0.25, -0.2) is 18.4 Å². The van der Waals surface area contributed by atoms with Crippen LogP contribution in [0.4, 0.5) is 8.78 Å². The smallest absolute Gasteiger partial charge is 0.287 e. The van der Waals surface area contributed by atoms with Crippen molar-refractivity contribution < 1.29 is 27.5 Å². The Morgan fingerprint density at radius 3 is 2.48 bits per heavy atom. The first-order valence-corrected chi connectivity index (χ1v) is 14.0. The predicted octanol–water partition coefficient (Wildman–Crippen LogP) is 6.13. The van der Waals surface area contributed by atoms with Gasteiger partial charge in [0.15, 0.2) is 11.5 Å². The lowest BCUT2D eigenvalue weighted by molar-refractivity contribution is -0.131. The Labute approximate surface area is 241 Å². The van der Waals surface area contributed by atoms with Crippen LogP contribution in [0.1, 0.15) is 62.4 Å². The van der Waals surface area contributed by atoms with Gasteiger partial charge in [0, 0.05) is 30.1 Å². The largest absolute Gasteiger partial charge is 0.492 e. The minimum Gasteiger partial charge on any atom is -0.492 e. The van der Waals surface area contributed by atoms with E-state index < -0.39 is 35.6 Å². The monoisotopic (exact) mass is 572 g/mol. The van der Waals surface area contributed by atoms with E-state index in [0.29, 0.717) is 23.3 Å². The van der Waals surface area contributed by atoms with E-state index in [2.05, 4.69) is 21.3 Å². The molecule has 4 aromatic rings. The van der Waals surface area contributed by atoms with Gasteiger partial charge in [-0.3, -0.25) is 9.59 Å². The highest BCUT2D eigenvalue weighted by molar-refractivity contribution is 6.01. The van der Waals surface area contributed by atoms with Gasteiger partial charge in [0.1, 0.15) is 29.7 Å². The zero-order chi connectivity index (χ0) is 29.5. The molecule has 0 radical (unpaired) electrons. The number of furan rings is 1. The highest BCUT2D eigenvalue weighted by Gasteiger charge is 2.52. The topological polar surface area (TPSA) is 99.2 Å². The average molecular weight is 573 g/mol. The fourth-order valence-corrected chi connectivity index (χ4v) is 5.60. The molecule has 2 aliphatic carbocycles. The molecule has 2 heterocycles. The summed E-state index contributed by atoms with van der Waals surface area (Å²) in [7, 11) is 0. The first-order chi connectivity index (χ1) is 20.1. The third-order valence-electron chi connectivity index (χ3n) is 8.38. The van der Waals surface area contributed by atoms with E-state index in [1.807, 2.05) is 43.3 Å². The molecule has 0 saturated heterocycles. The van der Waals surface area contributed by atoms with Crippen LogP contribution < -0.4 is 10.1 Å². The SMILES string of the molecule is C#CC1(CC(=O)C2(NC(=O)c3cc4ccc(-c5ccc(-n6cncn6)c(OCC)c5)cc4o3)CCC(F)(F)CC2)CC1. The standard InChI is InChI=1S/C32H30F2N4O4/c1-3-30(9-10-30)18-28(39)31(11-13-32(33,34)14-12-31)37-29(40)27-17-23-6-5-21(15-25(23)42-27)22-7-8-24(26(16-22)41-4-2)38-20-35-19-36-38/h1,5-8,15-17,19-20H,4,9-14,18H2,2H3,(H,37,40). The van der Waals surface area contributed by atoms with Gasteiger partial charge in [0.2, 0.25) is 5.92 Å². The number of hydrogen-bond donors (Lipinski definition) is 1. The van der Waals surface area contributed by atoms with Crippen molar-refractivity contribution in [1.29, 1.82) is 0 Å². The molecule has 2 saturated carbocycles. The van der Waals surface area contributed by atoms with Crippen LogP contribution in [0.3, 0.4) is 0 Å². The Balaban J connectivity index is 1.26. The lowest BCUT2D eigenvalue weighted by Gasteiger charge is -2.39. The zero-order valence-electron chi connectivity index (χ0n) is 23.2. The van der Waals surface area contributed by atoms with E-state index in [1.54, 1.807) is 17.1 Å². The molecule has 2 aromatic heterocycles. The Hall–Kier alpha value is -4.52. The fraction of sp³-hybridized carbons (Fsp3) is 0.375. The third kappa shape index (κ3) is 5.27. The second-order valence-corrected chi connectivity index (χ2v) is 11.2. The number of halogens is 2. The molecule has 0 spiro atoms. The average Bonchev–Trinajstić information content (AvgIpc) is 3.34. The molecule has 42 heavy (non-hydrogen) atoms. The van der Waals surface area contributed by atoms with Gasteiger partial charge in [-0.05, 0) is 68.0 Å². The highest BCUT2D eigenvalue weighted by Crippen LogP contribution is 2.50. The van der Waals surface area contributed by atoms with Crippen molar-refractivity contribution in [1.82, 2.24) is 20.1 Å². The summed E-state index contributed by atoms with van der Waals surface area (Å²) in [5.41, 5.74) is 0.976. The maximum absolute atomic E-state index is 14.1. The highest BCUT2D eigenvalue weighted by atomic mass is 19.3. The number of carbonyl (C=O) groups excluding carboxylic acids is 2. The molecule has 6 rings (SSSR count). The first kappa shape index (κ1) is 27.6. The molecule has 1 N–H and O–H groups in total. The van der Waals surface area contributed by atoms with Crippen LogP contribution in [0.2, 0.25) is 0 Å². The molecule has 2 aliphatic rings. The number of terminal acetylenes is 1. The van der Waals surface area contributed by atoms with Gasteiger partial charge in [0.25, 0.3) is 5.91 Å². The van der Waals surface area contributed by atoms with Crippen LogP contribution in [-0.2, 0) is 4.79 Å². The predicted molar refractivity (Wildman–Crippen MR) is 151 cm³/mol. The third-order valence-corrected chi connectivity index (χ3v) is 8.38. The van der Waals surface area contributed by atoms with E-state index in [9.17, 15) is 18.4 Å². The van der Waals surface area contributed by atoms with Crippen LogP contribution >= 0.6 is 0 Å². The van der Waals surface area contributed by atoms with Crippen molar-refractivity contribution in [3.63, 3.8) is 0 Å². The van der Waals surface area contributed by atoms with Crippen molar-refractivity contribution in [2.24, 2.45) is 5.41 Å². The Bertz CT molecular complexity index is 1690. The number of benzene rings is 2. The summed E-state index contributed by atoms with van der Waals surface area (Å²) in [4.78, 5) is 30.9. The molecule has 10 heteroatoms. The van der Waals surface area contributed by atoms with Gasteiger partial charge < -0.3 is 14.5 Å². The molecular formula is C32H30F2N4O4. The number of hydrogen-bond acceptors (Lipinski definition) is 6. The van der Waals surface area contributed by atoms with Crippen LogP contribution in [-0.4, -0.2) is 44.5 Å². The number of alkyl halides is 2. The summed E-state index contributed by atoms with van der Waals surface area (Å²) in [5.74, 6) is -0.467. The lowest BCUT2D eigenvalue weighted by Crippen LogP contribution is -2.58. The van der Waals surface area contributed by atoms with Crippen LogP contribution in [0.15, 0.2) is 59.5 Å². The van der Waals surface area contributed by atoms with E-state index in [1.165, 1.54) is 6.33 Å². The number of aromatic nitrogens is 3. The van der Waals surface area contributed by atoms with Crippen molar-refractivity contribution >= 4 is 22.7 Å². The van der Waals surface area contributed by atoms with Crippen molar-refractivity contribution in [3.05, 3.63) is 60.9 Å². The lowest BCUT2D eigenvalue weighted by atomic mass is 9.74. The van der Waals surface area contributed by atoms with E-state index >= 15 is 0 Å². The second-order valence-electron chi connectivity index (χ2n) is 11.2. The van der Waals surface area contributed by atoms with Crippen molar-refractivity contribution in [3.8, 4) is 34.9 Å². The number of ketones is 1. The summed E-state index contributed by atoms with van der Waals surface area (Å²) in [6.45, 7) is 2.36. The Morgan fingerprint density at radius 2 is 1.81 bits per heavy atom. The number of nitrogens with one attached hydrogen (secondary N) is 1. The quantitative estimate of drug-likeness (QED) is 0.242. The van der Waals surface area contributed by atoms with Gasteiger partial charge in [-0.15, -0.1) is 6.42 Å². The summed E-state index contributed by atoms with van der Waals surface area (Å²) >= 11 is 0. The van der Waals surface area contributed by atoms with Crippen LogP contribution in [0.25, 0.3) is 27.8 Å².